The fourth-order valence-corrected chi connectivity index (χ4v) is 2.79. The third kappa shape index (κ3) is 4.59. The van der Waals surface area contributed by atoms with Crippen LogP contribution in [0.1, 0.15) is 29.9 Å². The molecule has 0 aliphatic rings. The van der Waals surface area contributed by atoms with E-state index in [0.29, 0.717) is 30.0 Å². The van der Waals surface area contributed by atoms with Crippen molar-refractivity contribution in [2.75, 3.05) is 18.4 Å². The lowest BCUT2D eigenvalue weighted by molar-refractivity contribution is -0.111. The van der Waals surface area contributed by atoms with Gasteiger partial charge in [-0.05, 0) is 56.3 Å². The van der Waals surface area contributed by atoms with Gasteiger partial charge in [0, 0.05) is 30.4 Å². The van der Waals surface area contributed by atoms with Gasteiger partial charge in [0.25, 0.3) is 5.91 Å². The molecule has 0 unspecified atom stereocenters. The van der Waals surface area contributed by atoms with Crippen molar-refractivity contribution in [3.63, 3.8) is 0 Å². The topological polar surface area (TPSA) is 75.2 Å². The number of fused-ring (bicyclic) bond motifs is 1. The number of carbonyl (C=O) groups excluding carboxylic acids is 2. The van der Waals surface area contributed by atoms with Crippen molar-refractivity contribution in [3.8, 4) is 0 Å². The van der Waals surface area contributed by atoms with Crippen molar-refractivity contribution in [1.29, 1.82) is 0 Å². The SMILES string of the molecule is CCN(CC)C(=O)c1ccc(NC(=O)/C=C/c2cnc3ccccc3n2)cc1. The number of benzene rings is 2. The second kappa shape index (κ2) is 8.90. The summed E-state index contributed by atoms with van der Waals surface area (Å²) in [4.78, 5) is 35.0. The molecule has 1 N–H and O–H groups in total. The standard InChI is InChI=1S/C22H22N4O2/c1-3-26(4-2)22(28)16-9-11-17(12-10-16)25-21(27)14-13-18-15-23-19-7-5-6-8-20(19)24-18/h5-15H,3-4H2,1-2H3,(H,25,27)/b14-13+. The quantitative estimate of drug-likeness (QED) is 0.667. The molecule has 0 aliphatic carbocycles. The lowest BCUT2D eigenvalue weighted by Gasteiger charge is -2.18. The Hall–Kier alpha value is -3.54. The molecule has 142 valence electrons. The van der Waals surface area contributed by atoms with Crippen LogP contribution in [-0.4, -0.2) is 39.8 Å². The Morgan fingerprint density at radius 3 is 2.36 bits per heavy atom. The Morgan fingerprint density at radius 1 is 1.00 bits per heavy atom. The average Bonchev–Trinajstić information content (AvgIpc) is 2.73. The minimum absolute atomic E-state index is 0.0161. The lowest BCUT2D eigenvalue weighted by Crippen LogP contribution is -2.30. The van der Waals surface area contributed by atoms with Gasteiger partial charge in [-0.25, -0.2) is 4.98 Å². The minimum atomic E-state index is -0.280. The van der Waals surface area contributed by atoms with E-state index in [1.807, 2.05) is 38.1 Å². The van der Waals surface area contributed by atoms with E-state index in [-0.39, 0.29) is 11.8 Å². The molecule has 0 saturated heterocycles. The Labute approximate surface area is 163 Å². The molecule has 0 atom stereocenters. The highest BCUT2D eigenvalue weighted by Crippen LogP contribution is 2.13. The highest BCUT2D eigenvalue weighted by Gasteiger charge is 2.12. The van der Waals surface area contributed by atoms with Crippen LogP contribution in [0.15, 0.2) is 60.8 Å². The van der Waals surface area contributed by atoms with Crippen LogP contribution in [0.4, 0.5) is 5.69 Å². The molecule has 1 aromatic heterocycles. The molecule has 3 aromatic rings. The largest absolute Gasteiger partial charge is 0.339 e. The lowest BCUT2D eigenvalue weighted by atomic mass is 10.1. The van der Waals surface area contributed by atoms with Crippen molar-refractivity contribution < 1.29 is 9.59 Å². The first-order valence-corrected chi connectivity index (χ1v) is 9.21. The third-order valence-corrected chi connectivity index (χ3v) is 4.32. The Morgan fingerprint density at radius 2 is 1.68 bits per heavy atom. The molecule has 2 amide bonds. The molecule has 0 bridgehead atoms. The minimum Gasteiger partial charge on any atom is -0.339 e. The van der Waals surface area contributed by atoms with Crippen molar-refractivity contribution in [2.45, 2.75) is 13.8 Å². The van der Waals surface area contributed by atoms with E-state index in [4.69, 9.17) is 0 Å². The maximum absolute atomic E-state index is 12.3. The highest BCUT2D eigenvalue weighted by atomic mass is 16.2. The smallest absolute Gasteiger partial charge is 0.253 e. The van der Waals surface area contributed by atoms with Gasteiger partial charge in [-0.1, -0.05) is 12.1 Å². The number of anilines is 1. The zero-order valence-corrected chi connectivity index (χ0v) is 15.9. The predicted molar refractivity (Wildman–Crippen MR) is 111 cm³/mol. The summed E-state index contributed by atoms with van der Waals surface area (Å²) in [6.45, 7) is 5.22. The maximum atomic E-state index is 12.3. The van der Waals surface area contributed by atoms with Crippen LogP contribution in [0.3, 0.4) is 0 Å². The molecule has 0 spiro atoms. The molecular formula is C22H22N4O2. The fraction of sp³-hybridized carbons (Fsp3) is 0.182. The molecule has 3 rings (SSSR count). The van der Waals surface area contributed by atoms with Crippen molar-refractivity contribution in [2.24, 2.45) is 0 Å². The zero-order valence-electron chi connectivity index (χ0n) is 15.9. The van der Waals surface area contributed by atoms with Crippen LogP contribution in [0.5, 0.6) is 0 Å². The van der Waals surface area contributed by atoms with E-state index >= 15 is 0 Å². The van der Waals surface area contributed by atoms with E-state index in [0.717, 1.165) is 11.0 Å². The number of aromatic nitrogens is 2. The van der Waals surface area contributed by atoms with E-state index in [1.165, 1.54) is 6.08 Å². The summed E-state index contributed by atoms with van der Waals surface area (Å²) in [6.07, 6.45) is 4.65. The molecule has 2 aromatic carbocycles. The summed E-state index contributed by atoms with van der Waals surface area (Å²) in [7, 11) is 0. The number of nitrogens with one attached hydrogen (secondary N) is 1. The number of carbonyl (C=O) groups is 2. The van der Waals surface area contributed by atoms with Gasteiger partial charge in [0.1, 0.15) is 0 Å². The van der Waals surface area contributed by atoms with Gasteiger partial charge in [0.05, 0.1) is 22.9 Å². The van der Waals surface area contributed by atoms with Crippen molar-refractivity contribution in [1.82, 2.24) is 14.9 Å². The summed E-state index contributed by atoms with van der Waals surface area (Å²) in [5.74, 6) is -0.296. The molecule has 28 heavy (non-hydrogen) atoms. The maximum Gasteiger partial charge on any atom is 0.253 e. The van der Waals surface area contributed by atoms with Gasteiger partial charge in [0.2, 0.25) is 5.91 Å². The summed E-state index contributed by atoms with van der Waals surface area (Å²) >= 11 is 0. The number of para-hydroxylation sites is 2. The molecule has 0 aliphatic heterocycles. The van der Waals surface area contributed by atoms with Crippen LogP contribution in [0.25, 0.3) is 17.1 Å². The molecule has 1 heterocycles. The number of hydrogen-bond acceptors (Lipinski definition) is 4. The van der Waals surface area contributed by atoms with Crippen molar-refractivity contribution >= 4 is 34.6 Å². The third-order valence-electron chi connectivity index (χ3n) is 4.32. The van der Waals surface area contributed by atoms with Gasteiger partial charge in [-0.2, -0.15) is 0 Å². The second-order valence-corrected chi connectivity index (χ2v) is 6.16. The van der Waals surface area contributed by atoms with E-state index in [9.17, 15) is 9.59 Å². The Kier molecular flexibility index (Phi) is 6.11. The van der Waals surface area contributed by atoms with Crippen LogP contribution in [-0.2, 0) is 4.79 Å². The highest BCUT2D eigenvalue weighted by molar-refractivity contribution is 6.02. The predicted octanol–water partition coefficient (Wildman–Crippen LogP) is 3.76. The van der Waals surface area contributed by atoms with Gasteiger partial charge in [-0.15, -0.1) is 0 Å². The van der Waals surface area contributed by atoms with Crippen molar-refractivity contribution in [3.05, 3.63) is 72.1 Å². The fourth-order valence-electron chi connectivity index (χ4n) is 2.79. The van der Waals surface area contributed by atoms with E-state index in [2.05, 4.69) is 15.3 Å². The second-order valence-electron chi connectivity index (χ2n) is 6.16. The molecule has 6 heteroatoms. The normalized spacial score (nSPS) is 10.9. The summed E-state index contributed by atoms with van der Waals surface area (Å²) < 4.78 is 0. The summed E-state index contributed by atoms with van der Waals surface area (Å²) in [5.41, 5.74) is 3.41. The number of hydrogen-bond donors (Lipinski definition) is 1. The first-order valence-electron chi connectivity index (χ1n) is 9.21. The summed E-state index contributed by atoms with van der Waals surface area (Å²) in [5, 5.41) is 2.77. The van der Waals surface area contributed by atoms with Crippen LogP contribution in [0, 0.1) is 0 Å². The summed E-state index contributed by atoms with van der Waals surface area (Å²) in [6, 6.07) is 14.4. The number of amides is 2. The van der Waals surface area contributed by atoms with Gasteiger partial charge < -0.3 is 10.2 Å². The molecule has 6 nitrogen and oxygen atoms in total. The molecule has 0 radical (unpaired) electrons. The average molecular weight is 374 g/mol. The van der Waals surface area contributed by atoms with Gasteiger partial charge in [-0.3, -0.25) is 14.6 Å². The molecule has 0 fully saturated rings. The van der Waals surface area contributed by atoms with Gasteiger partial charge >= 0.3 is 0 Å². The van der Waals surface area contributed by atoms with Crippen LogP contribution in [0.2, 0.25) is 0 Å². The molecule has 0 saturated carbocycles. The zero-order chi connectivity index (χ0) is 19.9. The van der Waals surface area contributed by atoms with Gasteiger partial charge in [0.15, 0.2) is 0 Å². The number of nitrogens with zero attached hydrogens (tertiary/aromatic N) is 3. The first-order chi connectivity index (χ1) is 13.6. The Bertz CT molecular complexity index is 1010. The van der Waals surface area contributed by atoms with E-state index in [1.54, 1.807) is 41.4 Å². The van der Waals surface area contributed by atoms with E-state index < -0.39 is 0 Å². The number of rotatable bonds is 6. The first kappa shape index (κ1) is 19.2. The Balaban J connectivity index is 1.63. The van der Waals surface area contributed by atoms with Crippen LogP contribution >= 0.6 is 0 Å². The van der Waals surface area contributed by atoms with Crippen LogP contribution < -0.4 is 5.32 Å². The molecular weight excluding hydrogens is 352 g/mol. The monoisotopic (exact) mass is 374 g/mol.